The number of hydrogen-bond acceptors (Lipinski definition) is 7. The normalized spacial score (nSPS) is 13.9. The summed E-state index contributed by atoms with van der Waals surface area (Å²) in [6, 6.07) is 6.44. The number of benzene rings is 1. The Morgan fingerprint density at radius 1 is 1.30 bits per heavy atom. The van der Waals surface area contributed by atoms with E-state index in [1.54, 1.807) is 30.3 Å². The van der Waals surface area contributed by atoms with E-state index >= 15 is 0 Å². The van der Waals surface area contributed by atoms with Crippen LogP contribution in [0.1, 0.15) is 15.9 Å². The summed E-state index contributed by atoms with van der Waals surface area (Å²) in [6.45, 7) is 2.42. The lowest BCUT2D eigenvalue weighted by Crippen LogP contribution is -2.41. The number of halogens is 1. The van der Waals surface area contributed by atoms with Gasteiger partial charge < -0.3 is 10.5 Å². The third-order valence-electron chi connectivity index (χ3n) is 5.72. The van der Waals surface area contributed by atoms with Crippen molar-refractivity contribution in [2.24, 2.45) is 7.05 Å². The number of hydrazine groups is 1. The number of carbonyl (C=O) groups excluding carboxylic acids is 1. The summed E-state index contributed by atoms with van der Waals surface area (Å²) in [6.07, 6.45) is 4.82. The van der Waals surface area contributed by atoms with Crippen LogP contribution in [0.15, 0.2) is 48.4 Å². The zero-order valence-corrected chi connectivity index (χ0v) is 18.4. The van der Waals surface area contributed by atoms with Crippen molar-refractivity contribution >= 4 is 39.3 Å². The predicted molar refractivity (Wildman–Crippen MR) is 123 cm³/mol. The van der Waals surface area contributed by atoms with Gasteiger partial charge in [0.1, 0.15) is 5.82 Å². The average Bonchev–Trinajstić information content (AvgIpc) is 3.38. The molecule has 1 amide bonds. The standard InChI is InChI=1S/C23H22FN7O2/c1-13-7-19-16(20-17(21(25)28-19)9-27-29(20)2)8-15(13)23(32)31-11-14(12-33-3)10-30(31)22-18(24)5-4-6-26-22/h4-9,11H,10,12H2,1-3H3,(H2,25,28). The van der Waals surface area contributed by atoms with Crippen LogP contribution in [0.5, 0.6) is 0 Å². The zero-order valence-electron chi connectivity index (χ0n) is 18.4. The molecule has 0 saturated carbocycles. The van der Waals surface area contributed by atoms with E-state index in [4.69, 9.17) is 10.5 Å². The average molecular weight is 447 g/mol. The number of amides is 1. The molecule has 168 valence electrons. The SMILES string of the molecule is COCC1=CN(C(=O)c2cc3c(cc2C)nc(N)c2cnn(C)c23)N(c2ncccc2F)C1. The Balaban J connectivity index is 1.65. The van der Waals surface area contributed by atoms with E-state index in [2.05, 4.69) is 15.1 Å². The summed E-state index contributed by atoms with van der Waals surface area (Å²) in [7, 11) is 3.39. The van der Waals surface area contributed by atoms with Crippen molar-refractivity contribution < 1.29 is 13.9 Å². The van der Waals surface area contributed by atoms with Gasteiger partial charge in [0.15, 0.2) is 11.6 Å². The molecular weight excluding hydrogens is 425 g/mol. The molecule has 4 heterocycles. The van der Waals surface area contributed by atoms with Gasteiger partial charge in [-0.3, -0.25) is 14.5 Å². The number of nitrogen functional groups attached to an aromatic ring is 1. The first-order valence-electron chi connectivity index (χ1n) is 10.3. The number of nitrogens with two attached hydrogens (primary N) is 1. The molecule has 0 atom stereocenters. The largest absolute Gasteiger partial charge is 0.383 e. The second-order valence-electron chi connectivity index (χ2n) is 7.95. The number of anilines is 2. The molecule has 0 spiro atoms. The van der Waals surface area contributed by atoms with Crippen LogP contribution < -0.4 is 10.7 Å². The van der Waals surface area contributed by atoms with Crippen molar-refractivity contribution in [3.8, 4) is 0 Å². The Hall–Kier alpha value is -4.05. The first-order valence-corrected chi connectivity index (χ1v) is 10.3. The Morgan fingerprint density at radius 3 is 2.88 bits per heavy atom. The van der Waals surface area contributed by atoms with E-state index in [0.29, 0.717) is 28.9 Å². The lowest BCUT2D eigenvalue weighted by molar-refractivity contribution is 0.0818. The molecule has 0 aliphatic carbocycles. The Kier molecular flexibility index (Phi) is 4.94. The minimum Gasteiger partial charge on any atom is -0.383 e. The second kappa shape index (κ2) is 7.82. The molecule has 0 unspecified atom stereocenters. The van der Waals surface area contributed by atoms with Crippen LogP contribution in [0.2, 0.25) is 0 Å². The molecule has 4 aromatic rings. The maximum atomic E-state index is 14.6. The molecule has 33 heavy (non-hydrogen) atoms. The fourth-order valence-electron chi connectivity index (χ4n) is 4.20. The van der Waals surface area contributed by atoms with Crippen LogP contribution >= 0.6 is 0 Å². The van der Waals surface area contributed by atoms with Gasteiger partial charge in [0, 0.05) is 37.5 Å². The van der Waals surface area contributed by atoms with Gasteiger partial charge in [-0.2, -0.15) is 5.10 Å². The maximum absolute atomic E-state index is 14.6. The molecule has 2 N–H and O–H groups in total. The van der Waals surface area contributed by atoms with E-state index in [9.17, 15) is 9.18 Å². The van der Waals surface area contributed by atoms with Gasteiger partial charge in [0.2, 0.25) is 0 Å². The van der Waals surface area contributed by atoms with Crippen molar-refractivity contribution in [1.29, 1.82) is 0 Å². The number of fused-ring (bicyclic) bond motifs is 3. The summed E-state index contributed by atoms with van der Waals surface area (Å²) in [5.41, 5.74) is 9.56. The summed E-state index contributed by atoms with van der Waals surface area (Å²) in [5.74, 6) is -0.394. The monoisotopic (exact) mass is 447 g/mol. The van der Waals surface area contributed by atoms with Crippen LogP contribution in [0.25, 0.3) is 21.8 Å². The van der Waals surface area contributed by atoms with Crippen LogP contribution in [0, 0.1) is 12.7 Å². The number of ether oxygens (including phenoxy) is 1. The third-order valence-corrected chi connectivity index (χ3v) is 5.72. The molecule has 1 aliphatic heterocycles. The van der Waals surface area contributed by atoms with Gasteiger partial charge in [-0.15, -0.1) is 0 Å². The second-order valence-corrected chi connectivity index (χ2v) is 7.95. The quantitative estimate of drug-likeness (QED) is 0.513. The molecule has 0 saturated heterocycles. The van der Waals surface area contributed by atoms with Gasteiger partial charge in [-0.1, -0.05) is 0 Å². The van der Waals surface area contributed by atoms with Gasteiger partial charge in [0.25, 0.3) is 5.91 Å². The Bertz CT molecular complexity index is 1450. The Labute approximate surface area is 188 Å². The molecule has 5 rings (SSSR count). The minimum atomic E-state index is -0.520. The van der Waals surface area contributed by atoms with E-state index in [1.165, 1.54) is 28.3 Å². The minimum absolute atomic E-state index is 0.0649. The van der Waals surface area contributed by atoms with E-state index in [1.807, 2.05) is 20.0 Å². The first-order chi connectivity index (χ1) is 15.9. The fourth-order valence-corrected chi connectivity index (χ4v) is 4.20. The number of rotatable bonds is 4. The van der Waals surface area contributed by atoms with Crippen LogP contribution in [-0.2, 0) is 11.8 Å². The number of methoxy groups -OCH3 is 1. The number of nitrogens with zero attached hydrogens (tertiary/aromatic N) is 6. The number of carbonyl (C=O) groups is 1. The van der Waals surface area contributed by atoms with Crippen LogP contribution in [0.4, 0.5) is 16.0 Å². The lowest BCUT2D eigenvalue weighted by atomic mass is 10.0. The predicted octanol–water partition coefficient (Wildman–Crippen LogP) is 2.95. The molecule has 10 heteroatoms. The fraction of sp³-hybridized carbons (Fsp3) is 0.217. The molecule has 0 bridgehead atoms. The number of hydrogen-bond donors (Lipinski definition) is 1. The lowest BCUT2D eigenvalue weighted by Gasteiger charge is -2.29. The molecule has 0 radical (unpaired) electrons. The van der Waals surface area contributed by atoms with Crippen LogP contribution in [0.3, 0.4) is 0 Å². The van der Waals surface area contributed by atoms with E-state index in [0.717, 1.165) is 22.0 Å². The third kappa shape index (κ3) is 3.35. The topological polar surface area (TPSA) is 102 Å². The molecular formula is C23H22FN7O2. The first kappa shape index (κ1) is 20.8. The highest BCUT2D eigenvalue weighted by atomic mass is 19.1. The highest BCUT2D eigenvalue weighted by molar-refractivity contribution is 6.11. The number of aryl methyl sites for hydroxylation is 2. The summed E-state index contributed by atoms with van der Waals surface area (Å²) in [5, 5.41) is 8.66. The van der Waals surface area contributed by atoms with E-state index < -0.39 is 5.82 Å². The molecule has 0 fully saturated rings. The number of pyridine rings is 2. The summed E-state index contributed by atoms with van der Waals surface area (Å²) >= 11 is 0. The Morgan fingerprint density at radius 2 is 2.12 bits per heavy atom. The molecule has 9 nitrogen and oxygen atoms in total. The highest BCUT2D eigenvalue weighted by Crippen LogP contribution is 2.32. The van der Waals surface area contributed by atoms with Gasteiger partial charge in [-0.25, -0.2) is 19.4 Å². The maximum Gasteiger partial charge on any atom is 0.276 e. The highest BCUT2D eigenvalue weighted by Gasteiger charge is 2.32. The summed E-state index contributed by atoms with van der Waals surface area (Å²) < 4.78 is 21.5. The van der Waals surface area contributed by atoms with E-state index in [-0.39, 0.29) is 18.3 Å². The molecule has 3 aromatic heterocycles. The number of aromatic nitrogens is 4. The van der Waals surface area contributed by atoms with Crippen molar-refractivity contribution in [2.75, 3.05) is 31.0 Å². The van der Waals surface area contributed by atoms with Crippen molar-refractivity contribution in [1.82, 2.24) is 24.8 Å². The molecule has 1 aromatic carbocycles. The van der Waals surface area contributed by atoms with Crippen molar-refractivity contribution in [3.05, 3.63) is 65.4 Å². The summed E-state index contributed by atoms with van der Waals surface area (Å²) in [4.78, 5) is 22.4. The van der Waals surface area contributed by atoms with Crippen LogP contribution in [-0.4, -0.2) is 50.9 Å². The van der Waals surface area contributed by atoms with Crippen molar-refractivity contribution in [3.63, 3.8) is 0 Å². The van der Waals surface area contributed by atoms with Gasteiger partial charge >= 0.3 is 0 Å². The van der Waals surface area contributed by atoms with Gasteiger partial charge in [-0.05, 0) is 42.3 Å². The smallest absolute Gasteiger partial charge is 0.276 e. The van der Waals surface area contributed by atoms with Gasteiger partial charge in [0.05, 0.1) is 35.8 Å². The zero-order chi connectivity index (χ0) is 23.3. The molecule has 1 aliphatic rings. The van der Waals surface area contributed by atoms with Crippen molar-refractivity contribution in [2.45, 2.75) is 6.92 Å².